The van der Waals surface area contributed by atoms with E-state index in [1.54, 1.807) is 25.3 Å². The average molecular weight is 395 g/mol. The summed E-state index contributed by atoms with van der Waals surface area (Å²) in [5.41, 5.74) is 1.50. The van der Waals surface area contributed by atoms with Crippen LogP contribution in [-0.4, -0.2) is 25.5 Å². The number of nitrogens with zero attached hydrogens (tertiary/aromatic N) is 1. The molecule has 0 bridgehead atoms. The third-order valence-electron chi connectivity index (χ3n) is 3.79. The van der Waals surface area contributed by atoms with Crippen molar-refractivity contribution in [3.63, 3.8) is 0 Å². The molecule has 7 heteroatoms. The zero-order chi connectivity index (χ0) is 19.1. The Morgan fingerprint density at radius 2 is 1.81 bits per heavy atom. The molecule has 0 atom stereocenters. The number of methoxy groups -OCH3 is 1. The van der Waals surface area contributed by atoms with Crippen molar-refractivity contribution in [3.05, 3.63) is 58.1 Å². The molecule has 2 amide bonds. The fourth-order valence-electron chi connectivity index (χ4n) is 2.39. The molecular weight excluding hydrogens is 375 g/mol. The van der Waals surface area contributed by atoms with Crippen molar-refractivity contribution in [1.29, 1.82) is 0 Å². The van der Waals surface area contributed by atoms with Crippen LogP contribution in [0.15, 0.2) is 42.5 Å². The van der Waals surface area contributed by atoms with Gasteiger partial charge >= 0.3 is 0 Å². The van der Waals surface area contributed by atoms with Crippen molar-refractivity contribution in [2.45, 2.75) is 19.9 Å². The molecule has 138 valence electrons. The highest BCUT2D eigenvalue weighted by atomic mass is 35.5. The number of ether oxygens (including phenoxy) is 1. The van der Waals surface area contributed by atoms with E-state index >= 15 is 0 Å². The molecule has 0 radical (unpaired) electrons. The molecule has 0 fully saturated rings. The highest BCUT2D eigenvalue weighted by molar-refractivity contribution is 6.36. The van der Waals surface area contributed by atoms with Gasteiger partial charge in [-0.1, -0.05) is 35.3 Å². The highest BCUT2D eigenvalue weighted by Gasteiger charge is 2.16. The van der Waals surface area contributed by atoms with Gasteiger partial charge in [0.2, 0.25) is 11.8 Å². The first-order valence-electron chi connectivity index (χ1n) is 8.03. The fourth-order valence-corrected chi connectivity index (χ4v) is 2.90. The van der Waals surface area contributed by atoms with Gasteiger partial charge in [-0.3, -0.25) is 9.59 Å². The van der Waals surface area contributed by atoms with Crippen LogP contribution in [-0.2, 0) is 16.1 Å². The summed E-state index contributed by atoms with van der Waals surface area (Å²) in [6.07, 6.45) is 0.161. The number of hydrogen-bond acceptors (Lipinski definition) is 3. The summed E-state index contributed by atoms with van der Waals surface area (Å²) >= 11 is 12.0. The lowest BCUT2D eigenvalue weighted by Crippen LogP contribution is -2.33. The third kappa shape index (κ3) is 5.64. The number of carbonyl (C=O) groups excluding carboxylic acids is 2. The molecule has 0 spiro atoms. The maximum atomic E-state index is 12.1. The number of anilines is 1. The fraction of sp³-hybridized carbons (Fsp3) is 0.263. The van der Waals surface area contributed by atoms with Crippen LogP contribution in [0, 0.1) is 0 Å². The van der Waals surface area contributed by atoms with Crippen LogP contribution in [0.1, 0.15) is 18.9 Å². The Hall–Kier alpha value is -2.24. The summed E-state index contributed by atoms with van der Waals surface area (Å²) in [5.74, 6) is 0.409. The molecule has 0 unspecified atom stereocenters. The smallest absolute Gasteiger partial charge is 0.223 e. The molecule has 0 aliphatic rings. The second-order valence-corrected chi connectivity index (χ2v) is 6.48. The van der Waals surface area contributed by atoms with Crippen molar-refractivity contribution in [2.24, 2.45) is 0 Å². The van der Waals surface area contributed by atoms with Gasteiger partial charge in [-0.05, 0) is 35.9 Å². The minimum absolute atomic E-state index is 0.155. The molecular formula is C19H20Cl2N2O3. The zero-order valence-electron chi connectivity index (χ0n) is 14.6. The van der Waals surface area contributed by atoms with E-state index in [-0.39, 0.29) is 24.8 Å². The molecule has 5 nitrogen and oxygen atoms in total. The Bertz CT molecular complexity index is 779. The third-order valence-corrected chi connectivity index (χ3v) is 4.33. The van der Waals surface area contributed by atoms with Gasteiger partial charge in [-0.15, -0.1) is 0 Å². The van der Waals surface area contributed by atoms with Crippen molar-refractivity contribution in [3.8, 4) is 5.75 Å². The van der Waals surface area contributed by atoms with Gasteiger partial charge in [0, 0.05) is 31.5 Å². The standard InChI is InChI=1S/C19H20Cl2N2O3/c1-13(24)23(18-8-5-15(20)11-17(18)21)10-9-19(25)22-12-14-3-6-16(26-2)7-4-14/h3-8,11H,9-10,12H2,1-2H3,(H,22,25). The van der Waals surface area contributed by atoms with E-state index in [4.69, 9.17) is 27.9 Å². The Morgan fingerprint density at radius 1 is 1.12 bits per heavy atom. The molecule has 0 saturated heterocycles. The number of nitrogens with one attached hydrogen (secondary N) is 1. The van der Waals surface area contributed by atoms with Gasteiger partial charge in [-0.25, -0.2) is 0 Å². The number of hydrogen-bond donors (Lipinski definition) is 1. The maximum absolute atomic E-state index is 12.1. The number of rotatable bonds is 7. The lowest BCUT2D eigenvalue weighted by atomic mass is 10.2. The summed E-state index contributed by atoms with van der Waals surface area (Å²) < 4.78 is 5.10. The summed E-state index contributed by atoms with van der Waals surface area (Å²) in [5, 5.41) is 3.69. The predicted octanol–water partition coefficient (Wildman–Crippen LogP) is 4.06. The first-order valence-corrected chi connectivity index (χ1v) is 8.79. The van der Waals surface area contributed by atoms with Crippen LogP contribution in [0.3, 0.4) is 0 Å². The first kappa shape index (κ1) is 20.1. The van der Waals surface area contributed by atoms with E-state index in [9.17, 15) is 9.59 Å². The van der Waals surface area contributed by atoms with Crippen LogP contribution in [0.4, 0.5) is 5.69 Å². The maximum Gasteiger partial charge on any atom is 0.223 e. The van der Waals surface area contributed by atoms with Gasteiger partial charge in [0.15, 0.2) is 0 Å². The van der Waals surface area contributed by atoms with E-state index in [2.05, 4.69) is 5.32 Å². The van der Waals surface area contributed by atoms with Crippen LogP contribution in [0.25, 0.3) is 0 Å². The summed E-state index contributed by atoms with van der Waals surface area (Å²) in [6, 6.07) is 12.3. The monoisotopic (exact) mass is 394 g/mol. The Labute approximate surface area is 162 Å². The SMILES string of the molecule is COc1ccc(CNC(=O)CCN(C(C)=O)c2ccc(Cl)cc2Cl)cc1. The molecule has 2 aromatic rings. The van der Waals surface area contributed by atoms with Gasteiger partial charge in [-0.2, -0.15) is 0 Å². The van der Waals surface area contributed by atoms with E-state index in [0.29, 0.717) is 22.3 Å². The quantitative estimate of drug-likeness (QED) is 0.769. The van der Waals surface area contributed by atoms with Gasteiger partial charge in [0.05, 0.1) is 17.8 Å². The van der Waals surface area contributed by atoms with Crippen molar-refractivity contribution in [2.75, 3.05) is 18.6 Å². The number of amides is 2. The summed E-state index contributed by atoms with van der Waals surface area (Å²) in [6.45, 7) is 2.07. The largest absolute Gasteiger partial charge is 0.497 e. The second-order valence-electron chi connectivity index (χ2n) is 5.64. The number of carbonyl (C=O) groups is 2. The van der Waals surface area contributed by atoms with Crippen molar-refractivity contribution < 1.29 is 14.3 Å². The first-order chi connectivity index (χ1) is 12.4. The minimum Gasteiger partial charge on any atom is -0.497 e. The van der Waals surface area contributed by atoms with E-state index in [0.717, 1.165) is 11.3 Å². The Kier molecular flexibility index (Phi) is 7.30. The van der Waals surface area contributed by atoms with Crippen LogP contribution >= 0.6 is 23.2 Å². The van der Waals surface area contributed by atoms with Gasteiger partial charge in [0.1, 0.15) is 5.75 Å². The number of halogens is 2. The van der Waals surface area contributed by atoms with E-state index < -0.39 is 0 Å². The summed E-state index contributed by atoms with van der Waals surface area (Å²) in [7, 11) is 1.60. The second kappa shape index (κ2) is 9.46. The van der Waals surface area contributed by atoms with E-state index in [1.165, 1.54) is 11.8 Å². The summed E-state index contributed by atoms with van der Waals surface area (Å²) in [4.78, 5) is 25.5. The molecule has 0 heterocycles. The Balaban J connectivity index is 1.91. The average Bonchev–Trinajstić information content (AvgIpc) is 2.61. The molecule has 2 aromatic carbocycles. The van der Waals surface area contributed by atoms with Crippen molar-refractivity contribution >= 4 is 40.7 Å². The van der Waals surface area contributed by atoms with Crippen molar-refractivity contribution in [1.82, 2.24) is 5.32 Å². The van der Waals surface area contributed by atoms with E-state index in [1.807, 2.05) is 24.3 Å². The molecule has 0 saturated carbocycles. The molecule has 0 aliphatic heterocycles. The number of benzene rings is 2. The van der Waals surface area contributed by atoms with Crippen LogP contribution in [0.5, 0.6) is 5.75 Å². The zero-order valence-corrected chi connectivity index (χ0v) is 16.1. The predicted molar refractivity (Wildman–Crippen MR) is 104 cm³/mol. The minimum atomic E-state index is -0.197. The lowest BCUT2D eigenvalue weighted by molar-refractivity contribution is -0.121. The molecule has 0 aromatic heterocycles. The normalized spacial score (nSPS) is 10.3. The Morgan fingerprint density at radius 3 is 2.38 bits per heavy atom. The van der Waals surface area contributed by atoms with Gasteiger partial charge in [0.25, 0.3) is 0 Å². The molecule has 2 rings (SSSR count). The topological polar surface area (TPSA) is 58.6 Å². The van der Waals surface area contributed by atoms with Crippen LogP contribution in [0.2, 0.25) is 10.0 Å². The molecule has 26 heavy (non-hydrogen) atoms. The van der Waals surface area contributed by atoms with Gasteiger partial charge < -0.3 is 15.0 Å². The molecule has 0 aliphatic carbocycles. The molecule has 1 N–H and O–H groups in total. The lowest BCUT2D eigenvalue weighted by Gasteiger charge is -2.22. The van der Waals surface area contributed by atoms with Crippen LogP contribution < -0.4 is 15.0 Å². The highest BCUT2D eigenvalue weighted by Crippen LogP contribution is 2.29.